The highest BCUT2D eigenvalue weighted by Crippen LogP contribution is 2.19. The average molecular weight is 302 g/mol. The SMILES string of the molecule is CC(C)(C)OC(=O)N1CCN(c2nc3ccccc3[nH]2)CC1. The lowest BCUT2D eigenvalue weighted by Crippen LogP contribution is -2.50. The zero-order valence-corrected chi connectivity index (χ0v) is 13.3. The Balaban J connectivity index is 1.63. The number of benzene rings is 1. The Morgan fingerprint density at radius 2 is 1.86 bits per heavy atom. The van der Waals surface area contributed by atoms with Gasteiger partial charge in [0.25, 0.3) is 0 Å². The van der Waals surface area contributed by atoms with Crippen LogP contribution in [0.2, 0.25) is 0 Å². The molecule has 0 atom stereocenters. The molecule has 0 unspecified atom stereocenters. The molecule has 0 radical (unpaired) electrons. The topological polar surface area (TPSA) is 61.5 Å². The van der Waals surface area contributed by atoms with E-state index in [1.807, 2.05) is 45.0 Å². The summed E-state index contributed by atoms with van der Waals surface area (Å²) >= 11 is 0. The van der Waals surface area contributed by atoms with Gasteiger partial charge in [0.05, 0.1) is 11.0 Å². The zero-order chi connectivity index (χ0) is 15.7. The monoisotopic (exact) mass is 302 g/mol. The highest BCUT2D eigenvalue weighted by Gasteiger charge is 2.26. The van der Waals surface area contributed by atoms with Crippen molar-refractivity contribution in [1.29, 1.82) is 0 Å². The van der Waals surface area contributed by atoms with Crippen LogP contribution in [0.1, 0.15) is 20.8 Å². The van der Waals surface area contributed by atoms with Gasteiger partial charge in [-0.15, -0.1) is 0 Å². The molecule has 1 aromatic carbocycles. The number of carbonyl (C=O) groups is 1. The van der Waals surface area contributed by atoms with Crippen molar-refractivity contribution in [2.45, 2.75) is 26.4 Å². The molecule has 2 heterocycles. The first-order valence-electron chi connectivity index (χ1n) is 7.60. The molecule has 118 valence electrons. The number of rotatable bonds is 1. The highest BCUT2D eigenvalue weighted by atomic mass is 16.6. The number of aromatic amines is 1. The largest absolute Gasteiger partial charge is 0.444 e. The Kier molecular flexibility index (Phi) is 3.68. The van der Waals surface area contributed by atoms with Crippen molar-refractivity contribution in [3.63, 3.8) is 0 Å². The molecule has 0 bridgehead atoms. The van der Waals surface area contributed by atoms with Crippen molar-refractivity contribution in [2.75, 3.05) is 31.1 Å². The molecule has 1 aliphatic rings. The van der Waals surface area contributed by atoms with Crippen LogP contribution >= 0.6 is 0 Å². The normalized spacial score (nSPS) is 16.1. The summed E-state index contributed by atoms with van der Waals surface area (Å²) in [5.41, 5.74) is 1.55. The third-order valence-electron chi connectivity index (χ3n) is 3.61. The first kappa shape index (κ1) is 14.7. The molecule has 0 saturated carbocycles. The lowest BCUT2D eigenvalue weighted by atomic mass is 10.2. The van der Waals surface area contributed by atoms with E-state index in [-0.39, 0.29) is 6.09 Å². The quantitative estimate of drug-likeness (QED) is 0.879. The molecule has 1 aromatic heterocycles. The lowest BCUT2D eigenvalue weighted by molar-refractivity contribution is 0.0240. The minimum Gasteiger partial charge on any atom is -0.444 e. The molecule has 1 saturated heterocycles. The predicted molar refractivity (Wildman–Crippen MR) is 86.1 cm³/mol. The van der Waals surface area contributed by atoms with Crippen LogP contribution in [0.3, 0.4) is 0 Å². The second-order valence-corrected chi connectivity index (χ2v) is 6.53. The Morgan fingerprint density at radius 3 is 2.50 bits per heavy atom. The number of anilines is 1. The first-order chi connectivity index (χ1) is 10.4. The van der Waals surface area contributed by atoms with E-state index in [2.05, 4.69) is 14.9 Å². The third-order valence-corrected chi connectivity index (χ3v) is 3.61. The first-order valence-corrected chi connectivity index (χ1v) is 7.60. The Morgan fingerprint density at radius 1 is 1.18 bits per heavy atom. The maximum absolute atomic E-state index is 12.1. The van der Waals surface area contributed by atoms with Gasteiger partial charge in [-0.2, -0.15) is 0 Å². The molecule has 0 spiro atoms. The van der Waals surface area contributed by atoms with E-state index in [1.54, 1.807) is 4.90 Å². The number of nitrogens with zero attached hydrogens (tertiary/aromatic N) is 3. The van der Waals surface area contributed by atoms with Crippen LogP contribution in [0.15, 0.2) is 24.3 Å². The van der Waals surface area contributed by atoms with Crippen LogP contribution in [0.4, 0.5) is 10.7 Å². The molecule has 1 fully saturated rings. The van der Waals surface area contributed by atoms with Gasteiger partial charge in [0.15, 0.2) is 0 Å². The molecule has 22 heavy (non-hydrogen) atoms. The number of H-pyrrole nitrogens is 1. The molecule has 3 rings (SSSR count). The van der Waals surface area contributed by atoms with Gasteiger partial charge in [0.1, 0.15) is 5.60 Å². The number of fused-ring (bicyclic) bond motifs is 1. The van der Waals surface area contributed by atoms with Crippen molar-refractivity contribution < 1.29 is 9.53 Å². The predicted octanol–water partition coefficient (Wildman–Crippen LogP) is 2.62. The summed E-state index contributed by atoms with van der Waals surface area (Å²) in [6, 6.07) is 7.98. The molecule has 1 N–H and O–H groups in total. The highest BCUT2D eigenvalue weighted by molar-refractivity contribution is 5.77. The van der Waals surface area contributed by atoms with Crippen LogP contribution in [-0.4, -0.2) is 52.7 Å². The van der Waals surface area contributed by atoms with Gasteiger partial charge < -0.3 is 19.5 Å². The number of piperazine rings is 1. The smallest absolute Gasteiger partial charge is 0.410 e. The zero-order valence-electron chi connectivity index (χ0n) is 13.3. The van der Waals surface area contributed by atoms with E-state index in [0.29, 0.717) is 13.1 Å². The summed E-state index contributed by atoms with van der Waals surface area (Å²) in [4.78, 5) is 23.9. The van der Waals surface area contributed by atoms with Crippen molar-refractivity contribution in [1.82, 2.24) is 14.9 Å². The number of nitrogens with one attached hydrogen (secondary N) is 1. The third kappa shape index (κ3) is 3.16. The molecule has 0 aliphatic carbocycles. The van der Waals surface area contributed by atoms with E-state index < -0.39 is 5.60 Å². The van der Waals surface area contributed by atoms with Crippen LogP contribution in [-0.2, 0) is 4.74 Å². The van der Waals surface area contributed by atoms with Gasteiger partial charge in [-0.05, 0) is 32.9 Å². The fourth-order valence-electron chi connectivity index (χ4n) is 2.52. The lowest BCUT2D eigenvalue weighted by Gasteiger charge is -2.35. The summed E-state index contributed by atoms with van der Waals surface area (Å²) in [5, 5.41) is 0. The van der Waals surface area contributed by atoms with E-state index in [9.17, 15) is 4.79 Å². The van der Waals surface area contributed by atoms with E-state index in [4.69, 9.17) is 4.74 Å². The number of imidazole rings is 1. The summed E-state index contributed by atoms with van der Waals surface area (Å²) in [7, 11) is 0. The molecule has 2 aromatic rings. The summed E-state index contributed by atoms with van der Waals surface area (Å²) in [5.74, 6) is 0.866. The number of ether oxygens (including phenoxy) is 1. The van der Waals surface area contributed by atoms with Crippen molar-refractivity contribution in [3.05, 3.63) is 24.3 Å². The fraction of sp³-hybridized carbons (Fsp3) is 0.500. The Labute approximate surface area is 130 Å². The van der Waals surface area contributed by atoms with E-state index >= 15 is 0 Å². The number of aromatic nitrogens is 2. The summed E-state index contributed by atoms with van der Waals surface area (Å²) in [6.07, 6.45) is -0.239. The van der Waals surface area contributed by atoms with Gasteiger partial charge in [0.2, 0.25) is 5.95 Å². The Hall–Kier alpha value is -2.24. The number of hydrogen-bond acceptors (Lipinski definition) is 4. The number of para-hydroxylation sites is 2. The molecule has 6 heteroatoms. The standard InChI is InChI=1S/C16H22N4O2/c1-16(2,3)22-15(21)20-10-8-19(9-11-20)14-17-12-6-4-5-7-13(12)18-14/h4-7H,8-11H2,1-3H3,(H,17,18). The number of carbonyl (C=O) groups excluding carboxylic acids is 1. The fourth-order valence-corrected chi connectivity index (χ4v) is 2.52. The average Bonchev–Trinajstić information content (AvgIpc) is 2.89. The minimum absolute atomic E-state index is 0.239. The molecule has 6 nitrogen and oxygen atoms in total. The molecular weight excluding hydrogens is 280 g/mol. The van der Waals surface area contributed by atoms with Crippen LogP contribution < -0.4 is 4.90 Å². The summed E-state index contributed by atoms with van der Waals surface area (Å²) < 4.78 is 5.41. The maximum atomic E-state index is 12.1. The van der Waals surface area contributed by atoms with Crippen LogP contribution in [0.25, 0.3) is 11.0 Å². The Bertz CT molecular complexity index is 633. The second kappa shape index (κ2) is 5.51. The van der Waals surface area contributed by atoms with Gasteiger partial charge in [-0.3, -0.25) is 0 Å². The maximum Gasteiger partial charge on any atom is 0.410 e. The molecule has 1 aliphatic heterocycles. The molecule has 1 amide bonds. The van der Waals surface area contributed by atoms with Gasteiger partial charge >= 0.3 is 6.09 Å². The van der Waals surface area contributed by atoms with Gasteiger partial charge in [0, 0.05) is 26.2 Å². The van der Waals surface area contributed by atoms with Crippen LogP contribution in [0, 0.1) is 0 Å². The van der Waals surface area contributed by atoms with Gasteiger partial charge in [-0.1, -0.05) is 12.1 Å². The van der Waals surface area contributed by atoms with Crippen LogP contribution in [0.5, 0.6) is 0 Å². The summed E-state index contributed by atoms with van der Waals surface area (Å²) in [6.45, 7) is 8.44. The van der Waals surface area contributed by atoms with E-state index in [0.717, 1.165) is 30.1 Å². The molecular formula is C16H22N4O2. The number of hydrogen-bond donors (Lipinski definition) is 1. The number of amides is 1. The van der Waals surface area contributed by atoms with E-state index in [1.165, 1.54) is 0 Å². The minimum atomic E-state index is -0.451. The van der Waals surface area contributed by atoms with Crippen molar-refractivity contribution in [2.24, 2.45) is 0 Å². The van der Waals surface area contributed by atoms with Crippen molar-refractivity contribution in [3.8, 4) is 0 Å². The second-order valence-electron chi connectivity index (χ2n) is 6.53. The van der Waals surface area contributed by atoms with Gasteiger partial charge in [-0.25, -0.2) is 9.78 Å². The van der Waals surface area contributed by atoms with Crippen molar-refractivity contribution >= 4 is 23.1 Å².